The number of carbonyl (C=O) groups is 3. The fourth-order valence-electron chi connectivity index (χ4n) is 4.05. The van der Waals surface area contributed by atoms with Crippen molar-refractivity contribution in [1.29, 1.82) is 0 Å². The maximum absolute atomic E-state index is 13.1. The van der Waals surface area contributed by atoms with Crippen molar-refractivity contribution >= 4 is 29.3 Å². The van der Waals surface area contributed by atoms with Crippen molar-refractivity contribution < 1.29 is 23.9 Å². The molecule has 2 aromatic carbocycles. The van der Waals surface area contributed by atoms with Crippen LogP contribution in [-0.2, 0) is 31.2 Å². The van der Waals surface area contributed by atoms with Crippen LogP contribution in [0, 0.1) is 0 Å². The van der Waals surface area contributed by atoms with Crippen molar-refractivity contribution in [1.82, 2.24) is 4.90 Å². The minimum absolute atomic E-state index is 0.0530. The van der Waals surface area contributed by atoms with E-state index in [0.717, 1.165) is 18.4 Å². The summed E-state index contributed by atoms with van der Waals surface area (Å²) >= 11 is 6.42. The van der Waals surface area contributed by atoms with E-state index >= 15 is 0 Å². The quantitative estimate of drug-likeness (QED) is 0.601. The Kier molecular flexibility index (Phi) is 7.46. The number of methoxy groups -OCH3 is 1. The van der Waals surface area contributed by atoms with Crippen LogP contribution in [0.5, 0.6) is 0 Å². The van der Waals surface area contributed by atoms with E-state index in [1.165, 1.54) is 4.90 Å². The van der Waals surface area contributed by atoms with Crippen LogP contribution in [0.2, 0.25) is 5.02 Å². The lowest BCUT2D eigenvalue weighted by molar-refractivity contribution is -0.150. The summed E-state index contributed by atoms with van der Waals surface area (Å²) in [6.07, 6.45) is 2.42. The van der Waals surface area contributed by atoms with Crippen LogP contribution in [0.3, 0.4) is 0 Å². The molecular weight excluding hydrogens is 418 g/mol. The van der Waals surface area contributed by atoms with Gasteiger partial charge in [0.2, 0.25) is 0 Å². The van der Waals surface area contributed by atoms with Crippen LogP contribution >= 0.6 is 11.6 Å². The molecule has 6 nitrogen and oxygen atoms in total. The number of nitrogens with zero attached hydrogens (tertiary/aromatic N) is 1. The van der Waals surface area contributed by atoms with Crippen molar-refractivity contribution in [3.8, 4) is 0 Å². The zero-order chi connectivity index (χ0) is 22.4. The highest BCUT2D eigenvalue weighted by Crippen LogP contribution is 2.42. The van der Waals surface area contributed by atoms with Gasteiger partial charge in [-0.1, -0.05) is 41.9 Å². The number of likely N-dealkylation sites (N-methyl/N-ethyl adjacent to an activating group) is 1. The van der Waals surface area contributed by atoms with Gasteiger partial charge < -0.3 is 14.4 Å². The molecule has 1 atom stereocenters. The molecule has 164 valence electrons. The molecule has 0 aromatic heterocycles. The summed E-state index contributed by atoms with van der Waals surface area (Å²) in [4.78, 5) is 39.8. The Morgan fingerprint density at radius 1 is 1.10 bits per heavy atom. The van der Waals surface area contributed by atoms with Gasteiger partial charge in [0.15, 0.2) is 12.4 Å². The van der Waals surface area contributed by atoms with E-state index in [9.17, 15) is 14.4 Å². The lowest BCUT2D eigenvalue weighted by Gasteiger charge is -2.43. The van der Waals surface area contributed by atoms with Gasteiger partial charge in [-0.3, -0.25) is 9.59 Å². The number of ketones is 1. The first-order chi connectivity index (χ1) is 14.9. The van der Waals surface area contributed by atoms with E-state index in [4.69, 9.17) is 21.1 Å². The zero-order valence-electron chi connectivity index (χ0n) is 17.7. The number of benzene rings is 2. The summed E-state index contributed by atoms with van der Waals surface area (Å²) in [6.45, 7) is -0.0224. The van der Waals surface area contributed by atoms with Gasteiger partial charge in [0.05, 0.1) is 12.2 Å². The van der Waals surface area contributed by atoms with E-state index in [1.54, 1.807) is 62.7 Å². The molecule has 2 aromatic rings. The highest BCUT2D eigenvalue weighted by molar-refractivity contribution is 6.31. The molecule has 1 saturated carbocycles. The molecule has 3 rings (SSSR count). The van der Waals surface area contributed by atoms with Gasteiger partial charge in [-0.25, -0.2) is 4.79 Å². The van der Waals surface area contributed by atoms with Crippen molar-refractivity contribution in [2.75, 3.05) is 20.8 Å². The minimum Gasteiger partial charge on any atom is -0.452 e. The van der Waals surface area contributed by atoms with Crippen molar-refractivity contribution in [2.24, 2.45) is 0 Å². The van der Waals surface area contributed by atoms with E-state index in [-0.39, 0.29) is 5.78 Å². The number of carbonyl (C=O) groups excluding carboxylic acids is 3. The molecule has 0 radical (unpaired) electrons. The van der Waals surface area contributed by atoms with E-state index in [1.807, 2.05) is 0 Å². The van der Waals surface area contributed by atoms with Crippen LogP contribution in [-0.4, -0.2) is 43.3 Å². The molecule has 1 fully saturated rings. The summed E-state index contributed by atoms with van der Waals surface area (Å²) in [5.74, 6) is -1.12. The average molecular weight is 444 g/mol. The maximum Gasteiger partial charge on any atom is 0.338 e. The zero-order valence-corrected chi connectivity index (χ0v) is 18.5. The van der Waals surface area contributed by atoms with Crippen molar-refractivity contribution in [3.63, 3.8) is 0 Å². The van der Waals surface area contributed by atoms with Gasteiger partial charge in [-0.2, -0.15) is 0 Å². The highest BCUT2D eigenvalue weighted by Gasteiger charge is 2.48. The summed E-state index contributed by atoms with van der Waals surface area (Å²) < 4.78 is 10.3. The molecule has 0 spiro atoms. The molecule has 1 aliphatic rings. The standard InChI is InChI=1S/C24H26ClNO5/c1-26(22(28)16-31-23(29)18-12-10-17(11-13-18)15-30-2)24(14-6-5-9-21(24)27)19-7-3-4-8-20(19)25/h3-4,7-8,10-13H,5-6,9,14-16H2,1-2H3. The van der Waals surface area contributed by atoms with Crippen LogP contribution in [0.1, 0.15) is 47.2 Å². The molecule has 0 aliphatic heterocycles. The van der Waals surface area contributed by atoms with Gasteiger partial charge in [-0.15, -0.1) is 0 Å². The Morgan fingerprint density at radius 2 is 1.81 bits per heavy atom. The molecule has 1 amide bonds. The van der Waals surface area contributed by atoms with Crippen molar-refractivity contribution in [2.45, 2.75) is 37.8 Å². The van der Waals surface area contributed by atoms with Crippen LogP contribution < -0.4 is 0 Å². The summed E-state index contributed by atoms with van der Waals surface area (Å²) in [5.41, 5.74) is 0.719. The lowest BCUT2D eigenvalue weighted by Crippen LogP contribution is -2.55. The van der Waals surface area contributed by atoms with E-state index < -0.39 is 24.0 Å². The lowest BCUT2D eigenvalue weighted by atomic mass is 9.74. The first-order valence-electron chi connectivity index (χ1n) is 10.2. The highest BCUT2D eigenvalue weighted by atomic mass is 35.5. The number of amides is 1. The Balaban J connectivity index is 1.75. The summed E-state index contributed by atoms with van der Waals surface area (Å²) in [6, 6.07) is 13.9. The third-order valence-corrected chi connectivity index (χ3v) is 6.08. The van der Waals surface area contributed by atoms with Gasteiger partial charge in [-0.05, 0) is 43.0 Å². The SMILES string of the molecule is COCc1ccc(C(=O)OCC(=O)N(C)C2(c3ccccc3Cl)CCCCC2=O)cc1. The Labute approximate surface area is 187 Å². The molecule has 0 heterocycles. The van der Waals surface area contributed by atoms with Crippen LogP contribution in [0.25, 0.3) is 0 Å². The topological polar surface area (TPSA) is 72.9 Å². The molecular formula is C24H26ClNO5. The van der Waals surface area contributed by atoms with E-state index in [0.29, 0.717) is 35.6 Å². The number of esters is 1. The molecule has 0 saturated heterocycles. The fraction of sp³-hybridized carbons (Fsp3) is 0.375. The molecule has 1 aliphatic carbocycles. The first kappa shape index (κ1) is 23.0. The van der Waals surface area contributed by atoms with Gasteiger partial charge in [0.25, 0.3) is 5.91 Å². The smallest absolute Gasteiger partial charge is 0.338 e. The largest absolute Gasteiger partial charge is 0.452 e. The minimum atomic E-state index is -1.15. The van der Waals surface area contributed by atoms with Gasteiger partial charge in [0, 0.05) is 31.2 Å². The molecule has 0 bridgehead atoms. The number of halogens is 1. The van der Waals surface area contributed by atoms with Crippen molar-refractivity contribution in [3.05, 3.63) is 70.2 Å². The normalized spacial score (nSPS) is 18.5. The maximum atomic E-state index is 13.1. The molecule has 1 unspecified atom stereocenters. The van der Waals surface area contributed by atoms with E-state index in [2.05, 4.69) is 0 Å². The summed E-state index contributed by atoms with van der Waals surface area (Å²) in [7, 11) is 3.17. The van der Waals surface area contributed by atoms with Gasteiger partial charge in [0.1, 0.15) is 5.54 Å². The predicted molar refractivity (Wildman–Crippen MR) is 117 cm³/mol. The predicted octanol–water partition coefficient (Wildman–Crippen LogP) is 4.14. The fourth-order valence-corrected chi connectivity index (χ4v) is 4.35. The van der Waals surface area contributed by atoms with Crippen LogP contribution in [0.4, 0.5) is 0 Å². The molecule has 7 heteroatoms. The second-order valence-corrected chi connectivity index (χ2v) is 8.04. The molecule has 31 heavy (non-hydrogen) atoms. The molecule has 0 N–H and O–H groups in total. The third-order valence-electron chi connectivity index (χ3n) is 5.75. The first-order valence-corrected chi connectivity index (χ1v) is 10.6. The third kappa shape index (κ3) is 4.81. The van der Waals surface area contributed by atoms with Crippen LogP contribution in [0.15, 0.2) is 48.5 Å². The van der Waals surface area contributed by atoms with Gasteiger partial charge >= 0.3 is 5.97 Å². The average Bonchev–Trinajstić information content (AvgIpc) is 2.78. The Morgan fingerprint density at radius 3 is 2.45 bits per heavy atom. The Hall–Kier alpha value is -2.70. The second kappa shape index (κ2) is 10.1. The number of Topliss-reactive ketones (excluding diaryl/α,β-unsaturated/α-hetero) is 1. The Bertz CT molecular complexity index is 959. The second-order valence-electron chi connectivity index (χ2n) is 7.63. The number of ether oxygens (including phenoxy) is 2. The monoisotopic (exact) mass is 443 g/mol. The number of hydrogen-bond donors (Lipinski definition) is 0. The number of hydrogen-bond acceptors (Lipinski definition) is 5. The summed E-state index contributed by atoms with van der Waals surface area (Å²) in [5, 5.41) is 0.436. The number of rotatable bonds is 7.